The zero-order valence-electron chi connectivity index (χ0n) is 44.8. The molecule has 0 saturated carbocycles. The summed E-state index contributed by atoms with van der Waals surface area (Å²) in [6.07, 6.45) is 76.4. The van der Waals surface area contributed by atoms with Gasteiger partial charge in [0.15, 0.2) is 6.10 Å². The molecule has 0 fully saturated rings. The van der Waals surface area contributed by atoms with Crippen molar-refractivity contribution in [1.82, 2.24) is 0 Å². The minimum atomic E-state index is -0.811. The van der Waals surface area contributed by atoms with Crippen LogP contribution in [0.5, 0.6) is 0 Å². The topological polar surface area (TPSA) is 78.9 Å². The van der Waals surface area contributed by atoms with Crippen molar-refractivity contribution in [3.8, 4) is 0 Å². The molecule has 0 rings (SSSR count). The third kappa shape index (κ3) is 54.9. The van der Waals surface area contributed by atoms with Gasteiger partial charge in [-0.3, -0.25) is 14.4 Å². The predicted molar refractivity (Wildman–Crippen MR) is 297 cm³/mol. The van der Waals surface area contributed by atoms with Crippen LogP contribution in [0.1, 0.15) is 252 Å². The summed E-state index contributed by atoms with van der Waals surface area (Å²) >= 11 is 0. The van der Waals surface area contributed by atoms with Gasteiger partial charge in [0, 0.05) is 19.3 Å². The molecule has 0 aromatic heterocycles. The molecule has 0 aromatic carbocycles. The molecule has 0 heterocycles. The summed E-state index contributed by atoms with van der Waals surface area (Å²) in [6, 6.07) is 0. The van der Waals surface area contributed by atoms with Crippen LogP contribution in [0.2, 0.25) is 0 Å². The molecule has 0 unspecified atom stereocenters. The van der Waals surface area contributed by atoms with Crippen LogP contribution < -0.4 is 0 Å². The Kier molecular flexibility index (Phi) is 53.4. The molecule has 0 aromatic rings. The maximum Gasteiger partial charge on any atom is 0.306 e. The number of unbranched alkanes of at least 4 members (excludes halogenated alkanes) is 21. The highest BCUT2D eigenvalue weighted by Gasteiger charge is 2.19. The number of carbonyl (C=O) groups is 3. The van der Waals surface area contributed by atoms with Gasteiger partial charge in [0.1, 0.15) is 13.2 Å². The Labute approximate surface area is 425 Å². The molecular weight excluding hydrogens is 853 g/mol. The van der Waals surface area contributed by atoms with Crippen LogP contribution in [0.25, 0.3) is 0 Å². The van der Waals surface area contributed by atoms with E-state index < -0.39 is 6.10 Å². The minimum Gasteiger partial charge on any atom is -0.462 e. The van der Waals surface area contributed by atoms with Gasteiger partial charge >= 0.3 is 17.9 Å². The summed E-state index contributed by atoms with van der Waals surface area (Å²) in [5, 5.41) is 0. The first kappa shape index (κ1) is 65.1. The average Bonchev–Trinajstić information content (AvgIpc) is 3.35. The molecule has 0 aliphatic carbocycles. The minimum absolute atomic E-state index is 0.108. The highest BCUT2D eigenvalue weighted by molar-refractivity contribution is 5.71. The van der Waals surface area contributed by atoms with Crippen LogP contribution >= 0.6 is 0 Å². The van der Waals surface area contributed by atoms with Gasteiger partial charge in [-0.1, -0.05) is 207 Å². The fourth-order valence-corrected chi connectivity index (χ4v) is 7.40. The Morgan fingerprint density at radius 3 is 0.797 bits per heavy atom. The number of hydrogen-bond donors (Lipinski definition) is 0. The van der Waals surface area contributed by atoms with Crippen LogP contribution in [0.4, 0.5) is 0 Å². The molecule has 0 spiro atoms. The molecule has 392 valence electrons. The predicted octanol–water partition coefficient (Wildman–Crippen LogP) is 19.1. The number of allylic oxidation sites excluding steroid dienone is 18. The Bertz CT molecular complexity index is 1350. The van der Waals surface area contributed by atoms with Crippen molar-refractivity contribution in [2.45, 2.75) is 258 Å². The second-order valence-electron chi connectivity index (χ2n) is 18.5. The second-order valence-corrected chi connectivity index (χ2v) is 18.5. The Morgan fingerprint density at radius 1 is 0.290 bits per heavy atom. The summed E-state index contributed by atoms with van der Waals surface area (Å²) in [5.41, 5.74) is 0. The first-order chi connectivity index (χ1) is 34.0. The maximum atomic E-state index is 12.8. The van der Waals surface area contributed by atoms with Gasteiger partial charge < -0.3 is 14.2 Å². The summed E-state index contributed by atoms with van der Waals surface area (Å²) in [4.78, 5) is 38.1. The van der Waals surface area contributed by atoms with E-state index in [0.29, 0.717) is 12.8 Å². The third-order valence-electron chi connectivity index (χ3n) is 11.7. The van der Waals surface area contributed by atoms with Crippen molar-refractivity contribution in [1.29, 1.82) is 0 Å². The van der Waals surface area contributed by atoms with E-state index in [0.717, 1.165) is 135 Å². The molecule has 0 aliphatic rings. The number of rotatable bonds is 50. The molecule has 0 amide bonds. The van der Waals surface area contributed by atoms with E-state index in [4.69, 9.17) is 14.2 Å². The van der Waals surface area contributed by atoms with Crippen molar-refractivity contribution in [3.63, 3.8) is 0 Å². The molecule has 0 atom stereocenters. The summed E-state index contributed by atoms with van der Waals surface area (Å²) in [7, 11) is 0. The Balaban J connectivity index is 4.53. The van der Waals surface area contributed by atoms with Crippen LogP contribution in [0.15, 0.2) is 109 Å². The van der Waals surface area contributed by atoms with Gasteiger partial charge in [0.2, 0.25) is 0 Å². The molecule has 0 saturated heterocycles. The van der Waals surface area contributed by atoms with Crippen LogP contribution in [0, 0.1) is 0 Å². The van der Waals surface area contributed by atoms with E-state index in [1.165, 1.54) is 77.0 Å². The second kappa shape index (κ2) is 56.7. The first-order valence-electron chi connectivity index (χ1n) is 28.4. The highest BCUT2D eigenvalue weighted by atomic mass is 16.6. The van der Waals surface area contributed by atoms with Crippen molar-refractivity contribution in [2.24, 2.45) is 0 Å². The lowest BCUT2D eigenvalue weighted by Gasteiger charge is -2.18. The van der Waals surface area contributed by atoms with Gasteiger partial charge in [-0.2, -0.15) is 0 Å². The first-order valence-corrected chi connectivity index (χ1v) is 28.4. The molecule has 0 radical (unpaired) electrons. The SMILES string of the molecule is CCCCC/C=C/C/C=C/C/C=C/CCCCCCC(=O)OCC(COC(=O)CCCCCC/C=C/C/C=C/C/C=C/CCCCC)OC(=O)CCCCCC/C=C/C/C=C/C/C=C/CCCCC. The highest BCUT2D eigenvalue weighted by Crippen LogP contribution is 2.13. The largest absolute Gasteiger partial charge is 0.462 e. The van der Waals surface area contributed by atoms with Gasteiger partial charge in [0.25, 0.3) is 0 Å². The lowest BCUT2D eigenvalue weighted by molar-refractivity contribution is -0.167. The maximum absolute atomic E-state index is 12.8. The van der Waals surface area contributed by atoms with E-state index >= 15 is 0 Å². The molecular formula is C63H104O6. The van der Waals surface area contributed by atoms with Crippen molar-refractivity contribution >= 4 is 17.9 Å². The van der Waals surface area contributed by atoms with Crippen LogP contribution in [-0.2, 0) is 28.6 Å². The third-order valence-corrected chi connectivity index (χ3v) is 11.7. The average molecular weight is 958 g/mol. The summed E-state index contributed by atoms with van der Waals surface area (Å²) in [5.74, 6) is -0.972. The molecule has 0 bridgehead atoms. The number of ether oxygens (including phenoxy) is 3. The van der Waals surface area contributed by atoms with E-state index in [2.05, 4.69) is 130 Å². The van der Waals surface area contributed by atoms with Gasteiger partial charge in [-0.15, -0.1) is 0 Å². The Hall–Kier alpha value is -3.93. The standard InChI is InChI=1S/C63H104O6/c1-4-7-10-13-16-19-22-25-28-31-34-37-40-43-46-49-52-55-61(64)67-58-60(69-63(66)57-54-51-48-45-42-39-36-33-30-27-24-21-18-15-12-9-6-3)59-68-62(65)56-53-50-47-44-41-38-35-32-29-26-23-20-17-14-11-8-5-2/h16-21,25-30,34-39,60H,4-15,22-24,31-33,40-59H2,1-3H3/b19-16+,20-17+,21-18+,28-25+,29-26+,30-27+,37-34+,38-35+,39-36+. The summed E-state index contributed by atoms with van der Waals surface area (Å²) < 4.78 is 16.8. The van der Waals surface area contributed by atoms with Gasteiger partial charge in [0.05, 0.1) is 0 Å². The van der Waals surface area contributed by atoms with Crippen molar-refractivity contribution in [3.05, 3.63) is 109 Å². The zero-order valence-corrected chi connectivity index (χ0v) is 44.8. The number of hydrogen-bond acceptors (Lipinski definition) is 6. The fourth-order valence-electron chi connectivity index (χ4n) is 7.40. The lowest BCUT2D eigenvalue weighted by Crippen LogP contribution is -2.30. The molecule has 0 N–H and O–H groups in total. The fraction of sp³-hybridized carbons (Fsp3) is 0.667. The molecule has 0 aliphatic heterocycles. The van der Waals surface area contributed by atoms with E-state index in [1.807, 2.05) is 0 Å². The zero-order chi connectivity index (χ0) is 50.0. The molecule has 6 nitrogen and oxygen atoms in total. The lowest BCUT2D eigenvalue weighted by atomic mass is 10.1. The van der Waals surface area contributed by atoms with Gasteiger partial charge in [-0.05, 0) is 135 Å². The monoisotopic (exact) mass is 957 g/mol. The van der Waals surface area contributed by atoms with E-state index in [9.17, 15) is 14.4 Å². The number of carbonyl (C=O) groups excluding carboxylic acids is 3. The quantitative estimate of drug-likeness (QED) is 0.0262. The smallest absolute Gasteiger partial charge is 0.306 e. The van der Waals surface area contributed by atoms with Crippen LogP contribution in [0.3, 0.4) is 0 Å². The normalized spacial score (nSPS) is 12.5. The van der Waals surface area contributed by atoms with E-state index in [-0.39, 0.29) is 37.5 Å². The molecule has 69 heavy (non-hydrogen) atoms. The van der Waals surface area contributed by atoms with E-state index in [1.54, 1.807) is 0 Å². The Morgan fingerprint density at radius 2 is 0.522 bits per heavy atom. The molecule has 6 heteroatoms. The van der Waals surface area contributed by atoms with Crippen molar-refractivity contribution in [2.75, 3.05) is 13.2 Å². The van der Waals surface area contributed by atoms with Crippen molar-refractivity contribution < 1.29 is 28.6 Å². The van der Waals surface area contributed by atoms with Gasteiger partial charge in [-0.25, -0.2) is 0 Å². The summed E-state index contributed by atoms with van der Waals surface area (Å²) in [6.45, 7) is 6.50. The van der Waals surface area contributed by atoms with Crippen LogP contribution in [-0.4, -0.2) is 37.2 Å². The number of esters is 3.